The van der Waals surface area contributed by atoms with Gasteiger partial charge in [-0.05, 0) is 12.8 Å². The number of unbranched alkanes of at least 4 members (excludes halogenated alkanes) is 2. The average Bonchev–Trinajstić information content (AvgIpc) is 2.52. The molecule has 21 heavy (non-hydrogen) atoms. The molecule has 1 aliphatic rings. The Balaban J connectivity index is 2.10. The van der Waals surface area contributed by atoms with Crippen LogP contribution in [0.25, 0.3) is 0 Å². The molecule has 0 spiro atoms. The maximum absolute atomic E-state index is 11.8. The van der Waals surface area contributed by atoms with Gasteiger partial charge in [-0.1, -0.05) is 19.8 Å². The molecule has 1 N–H and O–H groups in total. The minimum absolute atomic E-state index is 0.177. The fourth-order valence-electron chi connectivity index (χ4n) is 2.06. The Hall–Kier alpha value is -2.05. The first-order valence-corrected chi connectivity index (χ1v) is 7.35. The van der Waals surface area contributed by atoms with Crippen molar-refractivity contribution in [2.45, 2.75) is 32.6 Å². The monoisotopic (exact) mass is 294 g/mol. The van der Waals surface area contributed by atoms with E-state index in [1.165, 1.54) is 4.90 Å². The number of nitrogens with one attached hydrogen (secondary N) is 1. The zero-order valence-electron chi connectivity index (χ0n) is 12.6. The van der Waals surface area contributed by atoms with E-state index in [1.807, 2.05) is 0 Å². The lowest BCUT2D eigenvalue weighted by atomic mass is 10.3. The van der Waals surface area contributed by atoms with Crippen LogP contribution in [0.4, 0.5) is 10.7 Å². The van der Waals surface area contributed by atoms with Crippen LogP contribution in [0.5, 0.6) is 11.6 Å². The van der Waals surface area contributed by atoms with E-state index in [-0.39, 0.29) is 6.03 Å². The standard InChI is InChI=1S/C14H22N4O3/c1-3-4-5-9-21-12-11(20-2)10-16-13(17-12)18-8-6-7-15-14(18)19/h10H,3-9H2,1-2H3,(H,15,19). The van der Waals surface area contributed by atoms with E-state index in [4.69, 9.17) is 9.47 Å². The van der Waals surface area contributed by atoms with Gasteiger partial charge in [0.15, 0.2) is 5.75 Å². The Morgan fingerprint density at radius 1 is 1.43 bits per heavy atom. The normalized spacial score (nSPS) is 14.8. The van der Waals surface area contributed by atoms with Crippen molar-refractivity contribution in [3.05, 3.63) is 6.20 Å². The molecule has 0 saturated carbocycles. The van der Waals surface area contributed by atoms with Crippen LogP contribution in [0.3, 0.4) is 0 Å². The van der Waals surface area contributed by atoms with Gasteiger partial charge in [0.25, 0.3) is 5.88 Å². The molecule has 1 aliphatic heterocycles. The number of anilines is 1. The molecule has 2 amide bonds. The third kappa shape index (κ3) is 3.96. The number of carbonyl (C=O) groups excluding carboxylic acids is 1. The molecule has 0 radical (unpaired) electrons. The van der Waals surface area contributed by atoms with Crippen LogP contribution in [0.15, 0.2) is 6.20 Å². The number of hydrogen-bond donors (Lipinski definition) is 1. The van der Waals surface area contributed by atoms with Crippen molar-refractivity contribution in [3.8, 4) is 11.6 Å². The van der Waals surface area contributed by atoms with Crippen molar-refractivity contribution >= 4 is 12.0 Å². The summed E-state index contributed by atoms with van der Waals surface area (Å²) in [5.74, 6) is 1.21. The minimum atomic E-state index is -0.177. The zero-order valence-corrected chi connectivity index (χ0v) is 12.6. The van der Waals surface area contributed by atoms with Gasteiger partial charge >= 0.3 is 6.03 Å². The van der Waals surface area contributed by atoms with Crippen molar-refractivity contribution in [2.75, 3.05) is 31.7 Å². The molecular weight excluding hydrogens is 272 g/mol. The number of rotatable bonds is 7. The second kappa shape index (κ2) is 7.66. The molecule has 7 heteroatoms. The fraction of sp³-hybridized carbons (Fsp3) is 0.643. The molecule has 0 unspecified atom stereocenters. The first-order chi connectivity index (χ1) is 10.3. The largest absolute Gasteiger partial charge is 0.490 e. The summed E-state index contributed by atoms with van der Waals surface area (Å²) in [6, 6.07) is -0.177. The molecule has 1 fully saturated rings. The van der Waals surface area contributed by atoms with E-state index in [0.717, 1.165) is 25.7 Å². The van der Waals surface area contributed by atoms with Crippen LogP contribution in [0.1, 0.15) is 32.6 Å². The van der Waals surface area contributed by atoms with Gasteiger partial charge in [0, 0.05) is 13.1 Å². The SMILES string of the molecule is CCCCCOc1nc(N2CCCNC2=O)ncc1OC. The number of ether oxygens (including phenoxy) is 2. The summed E-state index contributed by atoms with van der Waals surface area (Å²) in [5, 5.41) is 2.77. The van der Waals surface area contributed by atoms with Gasteiger partial charge in [0.2, 0.25) is 5.95 Å². The van der Waals surface area contributed by atoms with Crippen LogP contribution >= 0.6 is 0 Å². The molecule has 0 aromatic carbocycles. The van der Waals surface area contributed by atoms with Gasteiger partial charge in [0.1, 0.15) is 0 Å². The van der Waals surface area contributed by atoms with Crippen LogP contribution in [-0.4, -0.2) is 42.8 Å². The van der Waals surface area contributed by atoms with Gasteiger partial charge in [-0.2, -0.15) is 4.98 Å². The van der Waals surface area contributed by atoms with Gasteiger partial charge in [-0.3, -0.25) is 4.90 Å². The highest BCUT2D eigenvalue weighted by molar-refractivity contribution is 5.90. The van der Waals surface area contributed by atoms with E-state index < -0.39 is 0 Å². The molecule has 2 rings (SSSR count). The van der Waals surface area contributed by atoms with Crippen LogP contribution in [0, 0.1) is 0 Å². The van der Waals surface area contributed by atoms with Gasteiger partial charge in [-0.25, -0.2) is 9.78 Å². The molecule has 0 aliphatic carbocycles. The van der Waals surface area contributed by atoms with E-state index in [2.05, 4.69) is 22.2 Å². The smallest absolute Gasteiger partial charge is 0.324 e. The van der Waals surface area contributed by atoms with Gasteiger partial charge in [-0.15, -0.1) is 0 Å². The summed E-state index contributed by atoms with van der Waals surface area (Å²) in [5.41, 5.74) is 0. The maximum atomic E-state index is 11.8. The van der Waals surface area contributed by atoms with E-state index in [9.17, 15) is 4.79 Å². The average molecular weight is 294 g/mol. The Labute approximate surface area is 124 Å². The number of aromatic nitrogens is 2. The van der Waals surface area contributed by atoms with Crippen LogP contribution < -0.4 is 19.7 Å². The Morgan fingerprint density at radius 2 is 2.29 bits per heavy atom. The Morgan fingerprint density at radius 3 is 3.00 bits per heavy atom. The molecule has 1 saturated heterocycles. The highest BCUT2D eigenvalue weighted by Crippen LogP contribution is 2.26. The predicted molar refractivity (Wildman–Crippen MR) is 79.0 cm³/mol. The first-order valence-electron chi connectivity index (χ1n) is 7.35. The van der Waals surface area contributed by atoms with Crippen molar-refractivity contribution < 1.29 is 14.3 Å². The topological polar surface area (TPSA) is 76.6 Å². The molecule has 0 bridgehead atoms. The molecular formula is C14H22N4O3. The molecule has 1 aromatic rings. The van der Waals surface area contributed by atoms with Crippen molar-refractivity contribution in [1.29, 1.82) is 0 Å². The van der Waals surface area contributed by atoms with Crippen molar-refractivity contribution in [2.24, 2.45) is 0 Å². The van der Waals surface area contributed by atoms with Crippen LogP contribution in [-0.2, 0) is 0 Å². The number of urea groups is 1. The number of nitrogens with zero attached hydrogens (tertiary/aromatic N) is 3. The maximum Gasteiger partial charge on any atom is 0.324 e. The fourth-order valence-corrected chi connectivity index (χ4v) is 2.06. The lowest BCUT2D eigenvalue weighted by Crippen LogP contribution is -2.47. The summed E-state index contributed by atoms with van der Waals surface area (Å²) in [6.07, 6.45) is 5.61. The third-order valence-electron chi connectivity index (χ3n) is 3.24. The van der Waals surface area contributed by atoms with Crippen molar-refractivity contribution in [3.63, 3.8) is 0 Å². The summed E-state index contributed by atoms with van der Waals surface area (Å²) < 4.78 is 10.9. The summed E-state index contributed by atoms with van der Waals surface area (Å²) in [6.45, 7) is 4.00. The summed E-state index contributed by atoms with van der Waals surface area (Å²) in [7, 11) is 1.55. The van der Waals surface area contributed by atoms with Crippen LogP contribution in [0.2, 0.25) is 0 Å². The van der Waals surface area contributed by atoms with E-state index >= 15 is 0 Å². The molecule has 116 valence electrons. The molecule has 1 aromatic heterocycles. The second-order valence-corrected chi connectivity index (χ2v) is 4.84. The second-order valence-electron chi connectivity index (χ2n) is 4.84. The lowest BCUT2D eigenvalue weighted by molar-refractivity contribution is 0.242. The summed E-state index contributed by atoms with van der Waals surface area (Å²) >= 11 is 0. The molecule has 7 nitrogen and oxygen atoms in total. The van der Waals surface area contributed by atoms with Gasteiger partial charge < -0.3 is 14.8 Å². The number of carbonyl (C=O) groups is 1. The summed E-state index contributed by atoms with van der Waals surface area (Å²) in [4.78, 5) is 21.8. The Bertz CT molecular complexity index is 481. The van der Waals surface area contributed by atoms with Crippen molar-refractivity contribution in [1.82, 2.24) is 15.3 Å². The molecule has 0 atom stereocenters. The quantitative estimate of drug-likeness (QED) is 0.778. The number of methoxy groups -OCH3 is 1. The predicted octanol–water partition coefficient (Wildman–Crippen LogP) is 1.97. The highest BCUT2D eigenvalue weighted by atomic mass is 16.5. The van der Waals surface area contributed by atoms with E-state index in [0.29, 0.717) is 37.3 Å². The van der Waals surface area contributed by atoms with Gasteiger partial charge in [0.05, 0.1) is 19.9 Å². The molecule has 2 heterocycles. The zero-order chi connectivity index (χ0) is 15.1. The first kappa shape index (κ1) is 15.3. The minimum Gasteiger partial charge on any atom is -0.490 e. The highest BCUT2D eigenvalue weighted by Gasteiger charge is 2.23. The number of amides is 2. The Kier molecular flexibility index (Phi) is 5.59. The van der Waals surface area contributed by atoms with E-state index in [1.54, 1.807) is 13.3 Å². The number of hydrogen-bond acceptors (Lipinski definition) is 5. The third-order valence-corrected chi connectivity index (χ3v) is 3.24. The lowest BCUT2D eigenvalue weighted by Gasteiger charge is -2.25.